The van der Waals surface area contributed by atoms with Gasteiger partial charge in [0.15, 0.2) is 6.61 Å². The van der Waals surface area contributed by atoms with Gasteiger partial charge in [-0.3, -0.25) is 19.4 Å². The molecule has 154 valence electrons. The van der Waals surface area contributed by atoms with Gasteiger partial charge in [0.1, 0.15) is 5.75 Å². The van der Waals surface area contributed by atoms with Gasteiger partial charge in [-0.2, -0.15) is 0 Å². The lowest BCUT2D eigenvalue weighted by molar-refractivity contribution is -0.136. The predicted octanol–water partition coefficient (Wildman–Crippen LogP) is 1.68. The Bertz CT molecular complexity index is 1030. The Balaban J connectivity index is 1.28. The number of hydrogen-bond donors (Lipinski definition) is 1. The number of fused-ring (bicyclic) bond motifs is 1. The fourth-order valence-electron chi connectivity index (χ4n) is 4.55. The molecule has 5 rings (SSSR count). The number of aromatic nitrogens is 1. The summed E-state index contributed by atoms with van der Waals surface area (Å²) in [6.45, 7) is 2.11. The molecule has 0 aliphatic carbocycles. The van der Waals surface area contributed by atoms with E-state index in [2.05, 4.69) is 10.3 Å². The molecular formula is C22H22N4O4. The van der Waals surface area contributed by atoms with Crippen molar-refractivity contribution < 1.29 is 19.1 Å². The van der Waals surface area contributed by atoms with Gasteiger partial charge >= 0.3 is 0 Å². The molecule has 2 fully saturated rings. The Labute approximate surface area is 173 Å². The zero-order chi connectivity index (χ0) is 20.7. The highest BCUT2D eigenvalue weighted by atomic mass is 16.5. The van der Waals surface area contributed by atoms with Gasteiger partial charge in [-0.15, -0.1) is 0 Å². The third-order valence-electron chi connectivity index (χ3n) is 6.18. The number of anilines is 1. The molecule has 1 unspecified atom stereocenters. The van der Waals surface area contributed by atoms with E-state index in [9.17, 15) is 14.4 Å². The van der Waals surface area contributed by atoms with E-state index in [4.69, 9.17) is 4.74 Å². The molecule has 0 saturated carbocycles. The second kappa shape index (κ2) is 7.12. The molecule has 3 amide bonds. The molecule has 30 heavy (non-hydrogen) atoms. The number of amides is 3. The molecule has 1 N–H and O–H groups in total. The van der Waals surface area contributed by atoms with Crippen molar-refractivity contribution >= 4 is 23.4 Å². The normalized spacial score (nSPS) is 22.8. The number of ether oxygens (including phenoxy) is 1. The van der Waals surface area contributed by atoms with Gasteiger partial charge in [-0.05, 0) is 43.2 Å². The van der Waals surface area contributed by atoms with E-state index >= 15 is 0 Å². The average Bonchev–Trinajstić information content (AvgIpc) is 3.33. The van der Waals surface area contributed by atoms with Gasteiger partial charge < -0.3 is 19.9 Å². The topological polar surface area (TPSA) is 91.8 Å². The smallest absolute Gasteiger partial charge is 0.262 e. The fraction of sp³-hybridized carbons (Fsp3) is 0.364. The van der Waals surface area contributed by atoms with Gasteiger partial charge in [0.25, 0.3) is 11.8 Å². The first-order chi connectivity index (χ1) is 14.5. The minimum Gasteiger partial charge on any atom is -0.482 e. The van der Waals surface area contributed by atoms with Crippen LogP contribution in [0.3, 0.4) is 0 Å². The van der Waals surface area contributed by atoms with Crippen molar-refractivity contribution in [3.05, 3.63) is 53.9 Å². The van der Waals surface area contributed by atoms with Crippen LogP contribution in [0.5, 0.6) is 5.75 Å². The van der Waals surface area contributed by atoms with Crippen LogP contribution < -0.4 is 10.1 Å². The highest BCUT2D eigenvalue weighted by Gasteiger charge is 2.51. The fourth-order valence-corrected chi connectivity index (χ4v) is 4.55. The molecule has 1 spiro atoms. The van der Waals surface area contributed by atoms with E-state index in [-0.39, 0.29) is 24.3 Å². The second-order valence-corrected chi connectivity index (χ2v) is 8.10. The molecule has 1 aromatic heterocycles. The van der Waals surface area contributed by atoms with Gasteiger partial charge in [0.05, 0.1) is 23.3 Å². The summed E-state index contributed by atoms with van der Waals surface area (Å²) >= 11 is 0. The molecule has 2 saturated heterocycles. The largest absolute Gasteiger partial charge is 0.482 e. The van der Waals surface area contributed by atoms with Gasteiger partial charge in [-0.25, -0.2) is 0 Å². The van der Waals surface area contributed by atoms with Crippen LogP contribution in [0.25, 0.3) is 0 Å². The highest BCUT2D eigenvalue weighted by Crippen LogP contribution is 2.41. The summed E-state index contributed by atoms with van der Waals surface area (Å²) in [6, 6.07) is 10.7. The molecule has 3 aliphatic heterocycles. The molecule has 3 aliphatic rings. The predicted molar refractivity (Wildman–Crippen MR) is 108 cm³/mol. The van der Waals surface area contributed by atoms with Crippen LogP contribution in [0.15, 0.2) is 42.6 Å². The number of carbonyl (C=O) groups excluding carboxylic acids is 3. The maximum Gasteiger partial charge on any atom is 0.262 e. The summed E-state index contributed by atoms with van der Waals surface area (Å²) in [4.78, 5) is 45.6. The van der Waals surface area contributed by atoms with Crippen LogP contribution in [0.2, 0.25) is 0 Å². The first kappa shape index (κ1) is 18.6. The number of hydrogen-bond acceptors (Lipinski definition) is 5. The second-order valence-electron chi connectivity index (χ2n) is 8.10. The summed E-state index contributed by atoms with van der Waals surface area (Å²) in [6.07, 6.45) is 3.16. The van der Waals surface area contributed by atoms with Crippen LogP contribution in [0.1, 0.15) is 28.9 Å². The van der Waals surface area contributed by atoms with E-state index in [1.54, 1.807) is 29.3 Å². The van der Waals surface area contributed by atoms with E-state index in [0.29, 0.717) is 49.6 Å². The van der Waals surface area contributed by atoms with Crippen LogP contribution in [0, 0.1) is 5.41 Å². The number of likely N-dealkylation sites (tertiary alicyclic amines) is 2. The number of nitrogens with zero attached hydrogens (tertiary/aromatic N) is 3. The lowest BCUT2D eigenvalue weighted by atomic mass is 9.85. The minimum atomic E-state index is -0.497. The van der Waals surface area contributed by atoms with Gasteiger partial charge in [0.2, 0.25) is 5.91 Å². The number of benzene rings is 1. The van der Waals surface area contributed by atoms with Gasteiger partial charge in [-0.1, -0.05) is 6.07 Å². The molecule has 2 aromatic rings. The quantitative estimate of drug-likeness (QED) is 0.837. The average molecular weight is 406 g/mol. The summed E-state index contributed by atoms with van der Waals surface area (Å²) in [7, 11) is 0. The highest BCUT2D eigenvalue weighted by molar-refractivity contribution is 5.99. The number of pyridine rings is 1. The van der Waals surface area contributed by atoms with Crippen molar-refractivity contribution in [3.63, 3.8) is 0 Å². The molecule has 8 heteroatoms. The van der Waals surface area contributed by atoms with Crippen molar-refractivity contribution in [1.82, 2.24) is 14.8 Å². The summed E-state index contributed by atoms with van der Waals surface area (Å²) < 4.78 is 5.42. The van der Waals surface area contributed by atoms with Crippen LogP contribution >= 0.6 is 0 Å². The first-order valence-corrected chi connectivity index (χ1v) is 10.1. The zero-order valence-electron chi connectivity index (χ0n) is 16.5. The summed E-state index contributed by atoms with van der Waals surface area (Å²) in [5.74, 6) is 0.275. The molecule has 0 radical (unpaired) electrons. The molecule has 4 heterocycles. The Kier molecular flexibility index (Phi) is 4.42. The third-order valence-corrected chi connectivity index (χ3v) is 6.18. The standard InChI is InChI=1S/C22H22N4O4/c27-19-13-30-18-11-15(4-5-17(18)24-19)20(28)26-10-7-22(14-26)6-9-25(21(22)29)12-16-3-1-2-8-23-16/h1-5,8,11H,6-7,9-10,12-14H2,(H,24,27). The molecule has 1 aromatic carbocycles. The minimum absolute atomic E-state index is 0.0575. The molecule has 0 bridgehead atoms. The number of rotatable bonds is 3. The van der Waals surface area contributed by atoms with E-state index in [0.717, 1.165) is 12.1 Å². The lowest BCUT2D eigenvalue weighted by Crippen LogP contribution is -2.38. The maximum absolute atomic E-state index is 13.2. The Morgan fingerprint density at radius 1 is 1.17 bits per heavy atom. The Morgan fingerprint density at radius 3 is 2.87 bits per heavy atom. The van der Waals surface area contributed by atoms with E-state index in [1.165, 1.54) is 0 Å². The molecule has 1 atom stereocenters. The number of carbonyl (C=O) groups is 3. The monoisotopic (exact) mass is 406 g/mol. The zero-order valence-corrected chi connectivity index (χ0v) is 16.5. The van der Waals surface area contributed by atoms with Gasteiger partial charge in [0, 0.05) is 31.4 Å². The Hall–Kier alpha value is -3.42. The third kappa shape index (κ3) is 3.18. The van der Waals surface area contributed by atoms with Crippen LogP contribution in [0.4, 0.5) is 5.69 Å². The first-order valence-electron chi connectivity index (χ1n) is 10.1. The lowest BCUT2D eigenvalue weighted by Gasteiger charge is -2.24. The SMILES string of the molecule is O=C1COc2cc(C(=O)N3CCC4(CCN(Cc5ccccn5)C4=O)C3)ccc2N1. The Morgan fingerprint density at radius 2 is 2.03 bits per heavy atom. The van der Waals surface area contributed by atoms with Crippen LogP contribution in [-0.2, 0) is 16.1 Å². The van der Waals surface area contributed by atoms with Crippen LogP contribution in [-0.4, -0.2) is 58.7 Å². The van der Waals surface area contributed by atoms with E-state index in [1.807, 2.05) is 23.1 Å². The van der Waals surface area contributed by atoms with Crippen molar-refractivity contribution in [2.24, 2.45) is 5.41 Å². The maximum atomic E-state index is 13.2. The van der Waals surface area contributed by atoms with Crippen molar-refractivity contribution in [2.45, 2.75) is 19.4 Å². The number of nitrogens with one attached hydrogen (secondary N) is 1. The van der Waals surface area contributed by atoms with Crippen molar-refractivity contribution in [2.75, 3.05) is 31.6 Å². The summed E-state index contributed by atoms with van der Waals surface area (Å²) in [5, 5.41) is 2.72. The molecule has 8 nitrogen and oxygen atoms in total. The summed E-state index contributed by atoms with van der Waals surface area (Å²) in [5.41, 5.74) is 1.44. The van der Waals surface area contributed by atoms with Crippen molar-refractivity contribution in [1.29, 1.82) is 0 Å². The van der Waals surface area contributed by atoms with E-state index < -0.39 is 5.41 Å². The van der Waals surface area contributed by atoms with Crippen molar-refractivity contribution in [3.8, 4) is 5.75 Å². The molecular weight excluding hydrogens is 384 g/mol.